The van der Waals surface area contributed by atoms with Crippen LogP contribution in [0.2, 0.25) is 0 Å². The van der Waals surface area contributed by atoms with E-state index in [1.807, 2.05) is 6.92 Å². The summed E-state index contributed by atoms with van der Waals surface area (Å²) < 4.78 is 0.593. The Morgan fingerprint density at radius 1 is 1.50 bits per heavy atom. The molecule has 1 aromatic rings. The Hall–Kier alpha value is -1.43. The van der Waals surface area contributed by atoms with Gasteiger partial charge in [-0.2, -0.15) is 0 Å². The molecule has 2 heterocycles. The summed E-state index contributed by atoms with van der Waals surface area (Å²) in [6.07, 6.45) is 1.55. The zero-order chi connectivity index (χ0) is 13.3. The number of hydrogen-bond donors (Lipinski definition) is 1. The molecule has 1 amide bonds. The summed E-state index contributed by atoms with van der Waals surface area (Å²) in [4.78, 5) is 28.8. The number of likely N-dealkylation sites (tertiary alicyclic amines) is 1. The minimum Gasteiger partial charge on any atom is -0.481 e. The van der Waals surface area contributed by atoms with Crippen molar-refractivity contribution in [3.63, 3.8) is 0 Å². The van der Waals surface area contributed by atoms with Crippen molar-refractivity contribution in [1.29, 1.82) is 0 Å². The lowest BCUT2D eigenvalue weighted by Gasteiger charge is -2.15. The minimum absolute atomic E-state index is 0.0169. The fourth-order valence-electron chi connectivity index (χ4n) is 2.17. The maximum Gasteiger partial charge on any atom is 0.308 e. The van der Waals surface area contributed by atoms with Crippen LogP contribution < -0.4 is 0 Å². The second-order valence-electron chi connectivity index (χ2n) is 4.50. The van der Waals surface area contributed by atoms with Crippen LogP contribution in [0.3, 0.4) is 0 Å². The Morgan fingerprint density at radius 3 is 2.78 bits per heavy atom. The second kappa shape index (κ2) is 5.06. The van der Waals surface area contributed by atoms with Gasteiger partial charge in [0.2, 0.25) is 0 Å². The molecule has 1 saturated heterocycles. The van der Waals surface area contributed by atoms with Crippen LogP contribution in [0.4, 0.5) is 0 Å². The van der Waals surface area contributed by atoms with E-state index in [9.17, 15) is 9.59 Å². The largest absolute Gasteiger partial charge is 0.481 e. The maximum absolute atomic E-state index is 12.2. The Morgan fingerprint density at radius 2 is 2.22 bits per heavy atom. The number of rotatable bonds is 2. The van der Waals surface area contributed by atoms with Crippen molar-refractivity contribution in [2.45, 2.75) is 6.92 Å². The fourth-order valence-corrected chi connectivity index (χ4v) is 2.54. The highest BCUT2D eigenvalue weighted by Gasteiger charge is 2.37. The highest BCUT2D eigenvalue weighted by molar-refractivity contribution is 9.10. The van der Waals surface area contributed by atoms with Gasteiger partial charge < -0.3 is 10.0 Å². The molecule has 0 aromatic carbocycles. The van der Waals surface area contributed by atoms with E-state index in [0.29, 0.717) is 16.7 Å². The molecule has 6 heteroatoms. The lowest BCUT2D eigenvalue weighted by molar-refractivity contribution is -0.142. The molecule has 2 unspecified atom stereocenters. The summed E-state index contributed by atoms with van der Waals surface area (Å²) in [5.41, 5.74) is 0.523. The number of carbonyl (C=O) groups excluding carboxylic acids is 1. The van der Waals surface area contributed by atoms with Crippen molar-refractivity contribution in [3.05, 3.63) is 28.5 Å². The molecule has 1 aromatic heterocycles. The van der Waals surface area contributed by atoms with Crippen LogP contribution in [0.5, 0.6) is 0 Å². The van der Waals surface area contributed by atoms with Crippen molar-refractivity contribution in [2.75, 3.05) is 13.1 Å². The van der Waals surface area contributed by atoms with E-state index in [-0.39, 0.29) is 18.4 Å². The molecule has 0 bridgehead atoms. The number of pyridine rings is 1. The van der Waals surface area contributed by atoms with Crippen LogP contribution >= 0.6 is 15.9 Å². The summed E-state index contributed by atoms with van der Waals surface area (Å²) in [6.45, 7) is 2.61. The lowest BCUT2D eigenvalue weighted by Crippen LogP contribution is -2.29. The molecule has 18 heavy (non-hydrogen) atoms. The van der Waals surface area contributed by atoms with Gasteiger partial charge in [0, 0.05) is 24.8 Å². The summed E-state index contributed by atoms with van der Waals surface area (Å²) in [6, 6.07) is 3.27. The van der Waals surface area contributed by atoms with Crippen molar-refractivity contribution in [2.24, 2.45) is 11.8 Å². The number of aliphatic carboxylic acids is 1. The predicted octanol–water partition coefficient (Wildman–Crippen LogP) is 1.64. The molecule has 96 valence electrons. The lowest BCUT2D eigenvalue weighted by atomic mass is 9.99. The maximum atomic E-state index is 12.2. The zero-order valence-electron chi connectivity index (χ0n) is 9.84. The SMILES string of the molecule is CC1CN(C(=O)c2ccnc(Br)c2)CC1C(=O)O. The van der Waals surface area contributed by atoms with E-state index in [1.54, 1.807) is 23.2 Å². The van der Waals surface area contributed by atoms with E-state index >= 15 is 0 Å². The molecule has 0 aliphatic carbocycles. The van der Waals surface area contributed by atoms with Gasteiger partial charge in [-0.25, -0.2) is 4.98 Å². The first kappa shape index (κ1) is 13.0. The first-order valence-electron chi connectivity index (χ1n) is 5.62. The van der Waals surface area contributed by atoms with E-state index < -0.39 is 11.9 Å². The van der Waals surface area contributed by atoms with Gasteiger partial charge in [0.15, 0.2) is 0 Å². The smallest absolute Gasteiger partial charge is 0.308 e. The van der Waals surface area contributed by atoms with Gasteiger partial charge in [-0.05, 0) is 34.0 Å². The quantitative estimate of drug-likeness (QED) is 0.843. The molecule has 1 fully saturated rings. The number of amides is 1. The normalized spacial score (nSPS) is 23.1. The highest BCUT2D eigenvalue weighted by atomic mass is 79.9. The molecule has 1 aliphatic rings. The van der Waals surface area contributed by atoms with E-state index in [4.69, 9.17) is 5.11 Å². The first-order chi connectivity index (χ1) is 8.49. The van der Waals surface area contributed by atoms with Gasteiger partial charge in [-0.3, -0.25) is 9.59 Å². The number of aromatic nitrogens is 1. The predicted molar refractivity (Wildman–Crippen MR) is 68.1 cm³/mol. The van der Waals surface area contributed by atoms with Gasteiger partial charge in [-0.1, -0.05) is 6.92 Å². The number of halogens is 1. The molecule has 1 N–H and O–H groups in total. The molecular weight excluding hydrogens is 300 g/mol. The van der Waals surface area contributed by atoms with Crippen LogP contribution in [-0.2, 0) is 4.79 Å². The van der Waals surface area contributed by atoms with E-state index in [1.165, 1.54) is 0 Å². The molecular formula is C12H13BrN2O3. The third-order valence-corrected chi connectivity index (χ3v) is 3.62. The minimum atomic E-state index is -0.839. The third-order valence-electron chi connectivity index (χ3n) is 3.19. The van der Waals surface area contributed by atoms with Crippen molar-refractivity contribution in [3.8, 4) is 0 Å². The zero-order valence-corrected chi connectivity index (χ0v) is 11.4. The molecule has 2 atom stereocenters. The van der Waals surface area contributed by atoms with Gasteiger partial charge in [-0.15, -0.1) is 0 Å². The van der Waals surface area contributed by atoms with Crippen molar-refractivity contribution >= 4 is 27.8 Å². The molecule has 5 nitrogen and oxygen atoms in total. The average molecular weight is 313 g/mol. The summed E-state index contributed by atoms with van der Waals surface area (Å²) in [7, 11) is 0. The van der Waals surface area contributed by atoms with Gasteiger partial charge in [0.25, 0.3) is 5.91 Å². The molecule has 0 radical (unpaired) electrons. The van der Waals surface area contributed by atoms with Gasteiger partial charge in [0.05, 0.1) is 5.92 Å². The van der Waals surface area contributed by atoms with Crippen LogP contribution in [0.15, 0.2) is 22.9 Å². The average Bonchev–Trinajstić information content (AvgIpc) is 2.70. The van der Waals surface area contributed by atoms with Gasteiger partial charge in [0.1, 0.15) is 4.60 Å². The van der Waals surface area contributed by atoms with Gasteiger partial charge >= 0.3 is 5.97 Å². The second-order valence-corrected chi connectivity index (χ2v) is 5.31. The fraction of sp³-hybridized carbons (Fsp3) is 0.417. The van der Waals surface area contributed by atoms with Crippen LogP contribution in [0.25, 0.3) is 0 Å². The summed E-state index contributed by atoms with van der Waals surface area (Å²) >= 11 is 3.21. The number of carboxylic acids is 1. The topological polar surface area (TPSA) is 70.5 Å². The third kappa shape index (κ3) is 2.53. The molecule has 2 rings (SSSR count). The Balaban J connectivity index is 2.14. The standard InChI is InChI=1S/C12H13BrN2O3/c1-7-5-15(6-9(7)12(17)18)11(16)8-2-3-14-10(13)4-8/h2-4,7,9H,5-6H2,1H3,(H,17,18). The summed E-state index contributed by atoms with van der Waals surface area (Å²) in [5, 5.41) is 9.04. The number of carboxylic acid groups (broad SMARTS) is 1. The first-order valence-corrected chi connectivity index (χ1v) is 6.42. The van der Waals surface area contributed by atoms with E-state index in [0.717, 1.165) is 0 Å². The summed E-state index contributed by atoms with van der Waals surface area (Å²) in [5.74, 6) is -1.47. The Bertz CT molecular complexity index is 492. The Labute approximate surface area is 113 Å². The Kier molecular flexibility index (Phi) is 3.65. The monoisotopic (exact) mass is 312 g/mol. The van der Waals surface area contributed by atoms with Crippen LogP contribution in [-0.4, -0.2) is 40.0 Å². The van der Waals surface area contributed by atoms with E-state index in [2.05, 4.69) is 20.9 Å². The van der Waals surface area contributed by atoms with Crippen LogP contribution in [0.1, 0.15) is 17.3 Å². The number of hydrogen-bond acceptors (Lipinski definition) is 3. The number of carbonyl (C=O) groups is 2. The number of nitrogens with zero attached hydrogens (tertiary/aromatic N) is 2. The van der Waals surface area contributed by atoms with Crippen LogP contribution in [0, 0.1) is 11.8 Å². The molecule has 0 saturated carbocycles. The van der Waals surface area contributed by atoms with Crippen molar-refractivity contribution in [1.82, 2.24) is 9.88 Å². The molecule has 0 spiro atoms. The van der Waals surface area contributed by atoms with Crippen molar-refractivity contribution < 1.29 is 14.7 Å². The highest BCUT2D eigenvalue weighted by Crippen LogP contribution is 2.25. The molecule has 1 aliphatic heterocycles.